The van der Waals surface area contributed by atoms with Gasteiger partial charge in [0.05, 0.1) is 13.2 Å². The first kappa shape index (κ1) is 23.1. The van der Waals surface area contributed by atoms with Crippen molar-refractivity contribution in [1.29, 1.82) is 0 Å². The predicted octanol–water partition coefficient (Wildman–Crippen LogP) is 3.73. The first-order valence-electron chi connectivity index (χ1n) is 9.25. The minimum Gasteiger partial charge on any atom is -0.481 e. The van der Waals surface area contributed by atoms with Gasteiger partial charge in [-0.05, 0) is 55.5 Å². The Kier molecular flexibility index (Phi) is 9.88. The van der Waals surface area contributed by atoms with Gasteiger partial charge in [-0.15, -0.1) is 5.09 Å². The van der Waals surface area contributed by atoms with Gasteiger partial charge in [-0.3, -0.25) is 4.79 Å². The Balaban J connectivity index is 1.72. The second kappa shape index (κ2) is 12.4. The van der Waals surface area contributed by atoms with Crippen LogP contribution in [0.5, 0.6) is 17.2 Å². The molecule has 0 spiro atoms. The summed E-state index contributed by atoms with van der Waals surface area (Å²) in [6.45, 7) is 2.32. The summed E-state index contributed by atoms with van der Waals surface area (Å²) in [5, 5.41) is 14.8. The summed E-state index contributed by atoms with van der Waals surface area (Å²) in [6.07, 6.45) is 0.335. The summed E-state index contributed by atoms with van der Waals surface area (Å²) in [4.78, 5) is 12.1. The molecule has 156 valence electrons. The van der Waals surface area contributed by atoms with Gasteiger partial charge in [0.25, 0.3) is 5.91 Å². The molecule has 0 saturated heterocycles. The van der Waals surface area contributed by atoms with Crippen molar-refractivity contribution in [2.75, 3.05) is 25.9 Å². The van der Waals surface area contributed by atoms with Crippen molar-refractivity contribution in [2.45, 2.75) is 19.4 Å². The zero-order chi connectivity index (χ0) is 21.1. The van der Waals surface area contributed by atoms with Crippen molar-refractivity contribution in [1.82, 2.24) is 10.4 Å². The van der Waals surface area contributed by atoms with Crippen LogP contribution in [0.1, 0.15) is 13.3 Å². The van der Waals surface area contributed by atoms with E-state index < -0.39 is 14.1 Å². The molecule has 2 aromatic rings. The maximum atomic E-state index is 12.1. The summed E-state index contributed by atoms with van der Waals surface area (Å²) in [7, 11) is -1.56. The highest BCUT2D eigenvalue weighted by molar-refractivity contribution is 7.42. The normalized spacial score (nSPS) is 12.2. The minimum absolute atomic E-state index is 0.0547. The van der Waals surface area contributed by atoms with Crippen molar-refractivity contribution in [2.24, 2.45) is 0 Å². The van der Waals surface area contributed by atoms with E-state index in [1.165, 1.54) is 0 Å². The molecule has 0 aliphatic heterocycles. The Bertz CT molecular complexity index is 786. The third kappa shape index (κ3) is 8.79. The molecule has 0 saturated carbocycles. The second-order valence-corrected chi connectivity index (χ2v) is 8.12. The monoisotopic (exact) mass is 439 g/mol. The Morgan fingerprint density at radius 2 is 1.66 bits per heavy atom. The van der Waals surface area contributed by atoms with Crippen LogP contribution in [0.3, 0.4) is 0 Å². The molecule has 7 nitrogen and oxygen atoms in total. The van der Waals surface area contributed by atoms with Crippen molar-refractivity contribution in [3.8, 4) is 17.2 Å². The number of benzene rings is 2. The average Bonchev–Trinajstić information content (AvgIpc) is 2.72. The number of amides is 1. The number of rotatable bonds is 12. The largest absolute Gasteiger partial charge is 0.481 e. The molecule has 2 rings (SSSR count). The van der Waals surface area contributed by atoms with Crippen molar-refractivity contribution in [3.05, 3.63) is 53.6 Å². The van der Waals surface area contributed by atoms with E-state index in [9.17, 15) is 9.36 Å². The van der Waals surface area contributed by atoms with Gasteiger partial charge < -0.3 is 19.9 Å². The lowest BCUT2D eigenvalue weighted by Crippen LogP contribution is -2.37. The van der Waals surface area contributed by atoms with E-state index in [1.807, 2.05) is 0 Å². The molecule has 0 radical (unpaired) electrons. The van der Waals surface area contributed by atoms with Crippen LogP contribution in [0.25, 0.3) is 0 Å². The SMILES string of the molecule is CC(Oc1ccc(Oc2ccc(Cl)cc2)cc1)C(=O)NCCC[P+](=O)NCCO. The Morgan fingerprint density at radius 3 is 2.28 bits per heavy atom. The van der Waals surface area contributed by atoms with Crippen molar-refractivity contribution < 1.29 is 23.9 Å². The molecule has 0 bridgehead atoms. The van der Waals surface area contributed by atoms with E-state index in [4.69, 9.17) is 26.2 Å². The molecule has 0 aliphatic carbocycles. The number of aliphatic hydroxyl groups is 1. The number of hydrogen-bond acceptors (Lipinski definition) is 5. The topological polar surface area (TPSA) is 96.9 Å². The lowest BCUT2D eigenvalue weighted by atomic mass is 10.3. The van der Waals surface area contributed by atoms with Crippen LogP contribution < -0.4 is 19.9 Å². The molecule has 2 aromatic carbocycles. The van der Waals surface area contributed by atoms with Crippen LogP contribution in [-0.2, 0) is 9.36 Å². The summed E-state index contributed by atoms with van der Waals surface area (Å²) in [5.41, 5.74) is 0. The summed E-state index contributed by atoms with van der Waals surface area (Å²) >= 11 is 5.85. The highest BCUT2D eigenvalue weighted by atomic mass is 35.5. The zero-order valence-corrected chi connectivity index (χ0v) is 17.8. The molecule has 0 fully saturated rings. The van der Waals surface area contributed by atoms with Crippen LogP contribution in [0.4, 0.5) is 0 Å². The molecule has 2 unspecified atom stereocenters. The standard InChI is InChI=1S/C20H24ClN2O5P/c1-15(20(25)22-11-2-14-29(26)23-12-13-24)27-17-7-9-19(10-8-17)28-18-5-3-16(21)4-6-18/h3-10,15,24H,2,11-14H2,1H3,(H-,22,23,25,26)/p+1. The molecule has 1 amide bonds. The quantitative estimate of drug-likeness (QED) is 0.344. The van der Waals surface area contributed by atoms with Gasteiger partial charge in [0.1, 0.15) is 17.2 Å². The van der Waals surface area contributed by atoms with E-state index in [1.54, 1.807) is 55.5 Å². The van der Waals surface area contributed by atoms with Gasteiger partial charge in [0.2, 0.25) is 0 Å². The first-order chi connectivity index (χ1) is 14.0. The fourth-order valence-corrected chi connectivity index (χ4v) is 3.39. The van der Waals surface area contributed by atoms with E-state index in [2.05, 4.69) is 10.4 Å². The Labute approximate surface area is 176 Å². The minimum atomic E-state index is -1.56. The number of aliphatic hydroxyl groups excluding tert-OH is 1. The zero-order valence-electron chi connectivity index (χ0n) is 16.1. The third-order valence-corrected chi connectivity index (χ3v) is 5.34. The fraction of sp³-hybridized carbons (Fsp3) is 0.350. The molecule has 0 aromatic heterocycles. The van der Waals surface area contributed by atoms with Gasteiger partial charge in [0.15, 0.2) is 12.3 Å². The highest BCUT2D eigenvalue weighted by Crippen LogP contribution is 2.25. The number of hydrogen-bond donors (Lipinski definition) is 3. The van der Waals surface area contributed by atoms with Crippen LogP contribution in [0, 0.1) is 0 Å². The number of ether oxygens (including phenoxy) is 2. The molecule has 0 aliphatic rings. The van der Waals surface area contributed by atoms with Gasteiger partial charge in [-0.25, -0.2) is 0 Å². The summed E-state index contributed by atoms with van der Waals surface area (Å²) in [6, 6.07) is 14.0. The first-order valence-corrected chi connectivity index (χ1v) is 11.1. The van der Waals surface area contributed by atoms with Gasteiger partial charge in [-0.2, -0.15) is 0 Å². The van der Waals surface area contributed by atoms with Crippen LogP contribution in [0.2, 0.25) is 5.02 Å². The Morgan fingerprint density at radius 1 is 1.07 bits per heavy atom. The van der Waals surface area contributed by atoms with Gasteiger partial charge in [-0.1, -0.05) is 16.2 Å². The molecular weight excluding hydrogens is 415 g/mol. The fourth-order valence-electron chi connectivity index (χ4n) is 2.31. The molecule has 3 N–H and O–H groups in total. The number of halogens is 1. The Hall–Kier alpha value is -2.18. The molecule has 29 heavy (non-hydrogen) atoms. The van der Waals surface area contributed by atoms with E-state index >= 15 is 0 Å². The maximum absolute atomic E-state index is 12.1. The second-order valence-electron chi connectivity index (χ2n) is 6.17. The van der Waals surface area contributed by atoms with Crippen molar-refractivity contribution in [3.63, 3.8) is 0 Å². The maximum Gasteiger partial charge on any atom is 0.432 e. The number of carbonyl (C=O) groups is 1. The van der Waals surface area contributed by atoms with Crippen LogP contribution >= 0.6 is 19.6 Å². The molecule has 9 heteroatoms. The number of carbonyl (C=O) groups excluding carboxylic acids is 1. The molecule has 2 atom stereocenters. The van der Waals surface area contributed by atoms with E-state index in [-0.39, 0.29) is 12.5 Å². The lowest BCUT2D eigenvalue weighted by Gasteiger charge is -2.15. The van der Waals surface area contributed by atoms with E-state index in [0.717, 1.165) is 0 Å². The van der Waals surface area contributed by atoms with E-state index in [0.29, 0.717) is 47.9 Å². The van der Waals surface area contributed by atoms with Crippen molar-refractivity contribution >= 4 is 25.5 Å². The van der Waals surface area contributed by atoms with Gasteiger partial charge in [0, 0.05) is 18.0 Å². The highest BCUT2D eigenvalue weighted by Gasteiger charge is 2.16. The average molecular weight is 440 g/mol. The van der Waals surface area contributed by atoms with Crippen LogP contribution in [0.15, 0.2) is 48.5 Å². The lowest BCUT2D eigenvalue weighted by molar-refractivity contribution is -0.127. The smallest absolute Gasteiger partial charge is 0.432 e. The summed E-state index contributed by atoms with van der Waals surface area (Å²) in [5.74, 6) is 1.61. The van der Waals surface area contributed by atoms with Crippen LogP contribution in [-0.4, -0.2) is 43.0 Å². The predicted molar refractivity (Wildman–Crippen MR) is 113 cm³/mol. The molecular formula is C20H25ClN2O5P+. The molecule has 0 heterocycles. The summed E-state index contributed by atoms with van der Waals surface area (Å²) < 4.78 is 22.9. The number of nitrogens with one attached hydrogen (secondary N) is 2. The third-order valence-electron chi connectivity index (χ3n) is 3.79. The van der Waals surface area contributed by atoms with Gasteiger partial charge >= 0.3 is 7.95 Å².